The third-order valence-electron chi connectivity index (χ3n) is 4.82. The molecule has 0 saturated carbocycles. The number of hydrogen-bond donors (Lipinski definition) is 1. The van der Waals surface area contributed by atoms with Gasteiger partial charge in [-0.15, -0.1) is 0 Å². The number of nitrogens with one attached hydrogen (secondary N) is 1. The average molecular weight is 344 g/mol. The van der Waals surface area contributed by atoms with E-state index in [2.05, 4.69) is 9.97 Å². The molecular weight excluding hydrogens is 328 g/mol. The first kappa shape index (κ1) is 16.0. The number of benzene rings is 1. The summed E-state index contributed by atoms with van der Waals surface area (Å²) in [4.78, 5) is 33.5. The predicted octanol–water partition coefficient (Wildman–Crippen LogP) is 2.30. The standard InChI is InChI=1S/C20H16N4O2/c1-12-4-6-22-18-3-2-13(9-16(12)18)20(26)24-7-5-17-15(11-24)8-14(10-21)19(25)23-17/h2-4,6,8-9H,5,7,11H2,1H3,(H,23,25). The Bertz CT molecular complexity index is 1140. The molecule has 2 aromatic heterocycles. The number of aromatic nitrogens is 2. The Balaban J connectivity index is 1.67. The Hall–Kier alpha value is -3.46. The molecule has 0 bridgehead atoms. The number of carbonyl (C=O) groups is 1. The smallest absolute Gasteiger partial charge is 0.266 e. The minimum Gasteiger partial charge on any atom is -0.334 e. The number of aromatic amines is 1. The van der Waals surface area contributed by atoms with Gasteiger partial charge in [0.15, 0.2) is 0 Å². The Morgan fingerprint density at radius 3 is 2.96 bits per heavy atom. The van der Waals surface area contributed by atoms with E-state index in [1.807, 2.05) is 31.2 Å². The van der Waals surface area contributed by atoms with Crippen LogP contribution in [0.3, 0.4) is 0 Å². The Morgan fingerprint density at radius 2 is 2.15 bits per heavy atom. The fourth-order valence-corrected chi connectivity index (χ4v) is 3.36. The van der Waals surface area contributed by atoms with E-state index < -0.39 is 0 Å². The highest BCUT2D eigenvalue weighted by Gasteiger charge is 2.23. The van der Waals surface area contributed by atoms with E-state index in [1.54, 1.807) is 23.2 Å². The van der Waals surface area contributed by atoms with Crippen LogP contribution in [0.1, 0.15) is 32.7 Å². The lowest BCUT2D eigenvalue weighted by molar-refractivity contribution is 0.0733. The number of H-pyrrole nitrogens is 1. The number of aryl methyl sites for hydroxylation is 1. The highest BCUT2D eigenvalue weighted by molar-refractivity contribution is 5.98. The van der Waals surface area contributed by atoms with E-state index in [9.17, 15) is 9.59 Å². The number of carbonyl (C=O) groups excluding carboxylic acids is 1. The van der Waals surface area contributed by atoms with E-state index in [1.165, 1.54) is 0 Å². The van der Waals surface area contributed by atoms with Gasteiger partial charge in [-0.25, -0.2) is 0 Å². The second-order valence-electron chi connectivity index (χ2n) is 6.46. The Kier molecular flexibility index (Phi) is 3.77. The first-order valence-corrected chi connectivity index (χ1v) is 8.36. The number of pyridine rings is 2. The van der Waals surface area contributed by atoms with Crippen molar-refractivity contribution in [3.05, 3.63) is 74.8 Å². The summed E-state index contributed by atoms with van der Waals surface area (Å²) in [5, 5.41) is 10.0. The SMILES string of the molecule is Cc1ccnc2ccc(C(=O)N3CCc4[nH]c(=O)c(C#N)cc4C3)cc12. The topological polar surface area (TPSA) is 89.8 Å². The molecule has 1 aromatic carbocycles. The van der Waals surface area contributed by atoms with Crippen molar-refractivity contribution in [3.8, 4) is 6.07 Å². The summed E-state index contributed by atoms with van der Waals surface area (Å²) in [6.07, 6.45) is 2.32. The van der Waals surface area contributed by atoms with Crippen molar-refractivity contribution in [2.24, 2.45) is 0 Å². The molecule has 0 unspecified atom stereocenters. The molecule has 1 aliphatic rings. The molecule has 0 spiro atoms. The molecule has 1 N–H and O–H groups in total. The van der Waals surface area contributed by atoms with Crippen molar-refractivity contribution in [2.75, 3.05) is 6.54 Å². The van der Waals surface area contributed by atoms with E-state index >= 15 is 0 Å². The minimum atomic E-state index is -0.372. The first-order valence-electron chi connectivity index (χ1n) is 8.36. The molecule has 4 rings (SSSR count). The molecule has 0 fully saturated rings. The molecule has 3 heterocycles. The van der Waals surface area contributed by atoms with Crippen LogP contribution in [0.5, 0.6) is 0 Å². The average Bonchev–Trinajstić information content (AvgIpc) is 2.66. The van der Waals surface area contributed by atoms with Crippen LogP contribution in [0.25, 0.3) is 10.9 Å². The fraction of sp³-hybridized carbons (Fsp3) is 0.200. The quantitative estimate of drug-likeness (QED) is 0.733. The Morgan fingerprint density at radius 1 is 1.31 bits per heavy atom. The number of hydrogen-bond acceptors (Lipinski definition) is 4. The van der Waals surface area contributed by atoms with Gasteiger partial charge in [0.1, 0.15) is 11.6 Å². The summed E-state index contributed by atoms with van der Waals surface area (Å²) in [6.45, 7) is 2.90. The van der Waals surface area contributed by atoms with Crippen molar-refractivity contribution in [3.63, 3.8) is 0 Å². The monoisotopic (exact) mass is 344 g/mol. The van der Waals surface area contributed by atoms with Crippen molar-refractivity contribution in [1.29, 1.82) is 5.26 Å². The maximum atomic E-state index is 13.0. The van der Waals surface area contributed by atoms with Crippen LogP contribution in [0.15, 0.2) is 41.3 Å². The molecule has 6 nitrogen and oxygen atoms in total. The van der Waals surface area contributed by atoms with Gasteiger partial charge in [-0.3, -0.25) is 14.6 Å². The zero-order chi connectivity index (χ0) is 18.3. The lowest BCUT2D eigenvalue weighted by atomic mass is 10.0. The van der Waals surface area contributed by atoms with Crippen LogP contribution in [0, 0.1) is 18.3 Å². The third kappa shape index (κ3) is 2.64. The molecule has 0 aliphatic carbocycles. The van der Waals surface area contributed by atoms with E-state index in [0.717, 1.165) is 27.7 Å². The van der Waals surface area contributed by atoms with Crippen molar-refractivity contribution in [2.45, 2.75) is 19.9 Å². The number of nitrogens with zero attached hydrogens (tertiary/aromatic N) is 3. The predicted molar refractivity (Wildman–Crippen MR) is 96.7 cm³/mol. The van der Waals surface area contributed by atoms with Crippen LogP contribution in [-0.2, 0) is 13.0 Å². The zero-order valence-electron chi connectivity index (χ0n) is 14.2. The van der Waals surface area contributed by atoms with Gasteiger partial charge in [0, 0.05) is 42.4 Å². The van der Waals surface area contributed by atoms with Crippen LogP contribution in [-0.4, -0.2) is 27.3 Å². The van der Waals surface area contributed by atoms with Gasteiger partial charge < -0.3 is 9.88 Å². The summed E-state index contributed by atoms with van der Waals surface area (Å²) >= 11 is 0. The summed E-state index contributed by atoms with van der Waals surface area (Å²) in [7, 11) is 0. The molecule has 1 amide bonds. The van der Waals surface area contributed by atoms with Gasteiger partial charge in [0.05, 0.1) is 5.52 Å². The second-order valence-corrected chi connectivity index (χ2v) is 6.46. The van der Waals surface area contributed by atoms with Gasteiger partial charge >= 0.3 is 0 Å². The van der Waals surface area contributed by atoms with Crippen LogP contribution < -0.4 is 5.56 Å². The highest BCUT2D eigenvalue weighted by Crippen LogP contribution is 2.22. The molecule has 3 aromatic rings. The first-order chi connectivity index (χ1) is 12.6. The molecular formula is C20H16N4O2. The van der Waals surface area contributed by atoms with Gasteiger partial charge in [0.25, 0.3) is 11.5 Å². The molecule has 1 aliphatic heterocycles. The van der Waals surface area contributed by atoms with E-state index in [0.29, 0.717) is 25.1 Å². The summed E-state index contributed by atoms with van der Waals surface area (Å²) in [5.41, 5.74) is 3.87. The summed E-state index contributed by atoms with van der Waals surface area (Å²) < 4.78 is 0. The second kappa shape index (κ2) is 6.12. The van der Waals surface area contributed by atoms with Gasteiger partial charge in [-0.05, 0) is 48.4 Å². The maximum Gasteiger partial charge on any atom is 0.266 e. The maximum absolute atomic E-state index is 13.0. The van der Waals surface area contributed by atoms with Gasteiger partial charge in [-0.1, -0.05) is 0 Å². The third-order valence-corrected chi connectivity index (χ3v) is 4.82. The lowest BCUT2D eigenvalue weighted by Crippen LogP contribution is -2.37. The molecule has 26 heavy (non-hydrogen) atoms. The molecule has 0 atom stereocenters. The summed E-state index contributed by atoms with van der Waals surface area (Å²) in [6, 6.07) is 10.9. The van der Waals surface area contributed by atoms with Crippen molar-refractivity contribution in [1.82, 2.24) is 14.9 Å². The highest BCUT2D eigenvalue weighted by atomic mass is 16.2. The largest absolute Gasteiger partial charge is 0.334 e. The van der Waals surface area contributed by atoms with Crippen molar-refractivity contribution >= 4 is 16.8 Å². The number of rotatable bonds is 1. The fourth-order valence-electron chi connectivity index (χ4n) is 3.36. The summed E-state index contributed by atoms with van der Waals surface area (Å²) in [5.74, 6) is -0.0643. The number of amides is 1. The van der Waals surface area contributed by atoms with Gasteiger partial charge in [-0.2, -0.15) is 5.26 Å². The number of fused-ring (bicyclic) bond motifs is 2. The van der Waals surface area contributed by atoms with Crippen molar-refractivity contribution < 1.29 is 4.79 Å². The van der Waals surface area contributed by atoms with Crippen LogP contribution in [0.4, 0.5) is 0 Å². The molecule has 6 heteroatoms. The minimum absolute atomic E-state index is 0.0643. The van der Waals surface area contributed by atoms with Crippen LogP contribution in [0.2, 0.25) is 0 Å². The normalized spacial score (nSPS) is 13.3. The zero-order valence-corrected chi connectivity index (χ0v) is 14.2. The number of nitriles is 1. The van der Waals surface area contributed by atoms with Gasteiger partial charge in [0.2, 0.25) is 0 Å². The van der Waals surface area contributed by atoms with E-state index in [-0.39, 0.29) is 17.0 Å². The van der Waals surface area contributed by atoms with E-state index in [4.69, 9.17) is 5.26 Å². The molecule has 0 radical (unpaired) electrons. The lowest BCUT2D eigenvalue weighted by Gasteiger charge is -2.28. The van der Waals surface area contributed by atoms with Crippen LogP contribution >= 0.6 is 0 Å². The Labute approximate surface area is 149 Å². The molecule has 0 saturated heterocycles. The molecule has 128 valence electrons.